The summed E-state index contributed by atoms with van der Waals surface area (Å²) in [6.07, 6.45) is 4.91. The third-order valence-corrected chi connectivity index (χ3v) is 5.87. The van der Waals surface area contributed by atoms with Crippen molar-refractivity contribution < 1.29 is 14.3 Å². The average Bonchev–Trinajstić information content (AvgIpc) is 2.50. The largest absolute Gasteiger partial charge is 0.465 e. The van der Waals surface area contributed by atoms with Gasteiger partial charge in [-0.05, 0) is 56.9 Å². The normalized spacial score (nSPS) is 15.8. The Morgan fingerprint density at radius 2 is 2.08 bits per heavy atom. The van der Waals surface area contributed by atoms with Gasteiger partial charge < -0.3 is 4.74 Å². The number of nitrogens with zero attached hydrogens (tertiary/aromatic N) is 1. The Hall–Kier alpha value is -1.88. The Morgan fingerprint density at radius 3 is 2.71 bits per heavy atom. The fourth-order valence-electron chi connectivity index (χ4n) is 2.97. The Kier molecular flexibility index (Phi) is 4.90. The molecule has 4 nitrogen and oxygen atoms in total. The van der Waals surface area contributed by atoms with E-state index >= 15 is 0 Å². The maximum atomic E-state index is 12.4. The van der Waals surface area contributed by atoms with Crippen molar-refractivity contribution in [1.29, 1.82) is 0 Å². The first-order valence-corrected chi connectivity index (χ1v) is 9.09. The summed E-state index contributed by atoms with van der Waals surface area (Å²) in [5.41, 5.74) is 1.86. The van der Waals surface area contributed by atoms with Crippen LogP contribution in [0.1, 0.15) is 38.7 Å². The lowest BCUT2D eigenvalue weighted by atomic mass is 9.84. The van der Waals surface area contributed by atoms with Gasteiger partial charge in [0.2, 0.25) is 0 Å². The molecular weight excluding hydrogens is 322 g/mol. The van der Waals surface area contributed by atoms with Gasteiger partial charge in [0.1, 0.15) is 10.5 Å². The number of esters is 1. The number of Topliss-reactive ketones (excluding diaryl/α,β-unsaturated/α-hetero) is 1. The highest BCUT2D eigenvalue weighted by Crippen LogP contribution is 2.49. The van der Waals surface area contributed by atoms with Gasteiger partial charge in [-0.25, -0.2) is 0 Å². The molecule has 0 saturated heterocycles. The van der Waals surface area contributed by atoms with E-state index in [4.69, 9.17) is 4.74 Å². The number of carbonyl (C=O) groups is 2. The molecule has 0 spiro atoms. The Bertz CT molecular complexity index is 783. The smallest absolute Gasteiger partial charge is 0.322 e. The fraction of sp³-hybridized carbons (Fsp3) is 0.421. The predicted molar refractivity (Wildman–Crippen MR) is 95.2 cm³/mol. The van der Waals surface area contributed by atoms with Gasteiger partial charge in [0.05, 0.1) is 12.1 Å². The van der Waals surface area contributed by atoms with E-state index in [1.807, 2.05) is 31.2 Å². The number of ketones is 1. The quantitative estimate of drug-likeness (QED) is 0.744. The van der Waals surface area contributed by atoms with E-state index in [1.54, 1.807) is 24.9 Å². The molecule has 1 heterocycles. The first kappa shape index (κ1) is 17.0. The molecule has 0 amide bonds. The van der Waals surface area contributed by atoms with Crippen LogP contribution in [0, 0.1) is 0 Å². The second kappa shape index (κ2) is 6.93. The van der Waals surface area contributed by atoms with Gasteiger partial charge in [0.15, 0.2) is 0 Å². The van der Waals surface area contributed by atoms with Crippen LogP contribution < -0.4 is 0 Å². The van der Waals surface area contributed by atoms with Gasteiger partial charge in [-0.1, -0.05) is 6.07 Å². The van der Waals surface area contributed by atoms with E-state index in [-0.39, 0.29) is 11.8 Å². The summed E-state index contributed by atoms with van der Waals surface area (Å²) in [7, 11) is 0. The van der Waals surface area contributed by atoms with Crippen molar-refractivity contribution in [1.82, 2.24) is 4.98 Å². The average molecular weight is 343 g/mol. The van der Waals surface area contributed by atoms with Crippen LogP contribution in [0.2, 0.25) is 0 Å². The van der Waals surface area contributed by atoms with Gasteiger partial charge in [0, 0.05) is 22.9 Å². The third kappa shape index (κ3) is 3.31. The Balaban J connectivity index is 1.96. The molecule has 0 atom stereocenters. The lowest BCUT2D eigenvalue weighted by molar-refractivity contribution is -0.148. The zero-order valence-corrected chi connectivity index (χ0v) is 14.8. The molecule has 5 heteroatoms. The van der Waals surface area contributed by atoms with Crippen LogP contribution in [0.5, 0.6) is 0 Å². The minimum Gasteiger partial charge on any atom is -0.465 e. The molecule has 0 radical (unpaired) electrons. The molecule has 1 saturated carbocycles. The summed E-state index contributed by atoms with van der Waals surface area (Å²) < 4.78 is 4.82. The number of pyridine rings is 1. The van der Waals surface area contributed by atoms with Gasteiger partial charge in [-0.15, -0.1) is 11.8 Å². The van der Waals surface area contributed by atoms with Crippen molar-refractivity contribution in [3.05, 3.63) is 36.0 Å². The van der Waals surface area contributed by atoms with Gasteiger partial charge in [0.25, 0.3) is 0 Å². The van der Waals surface area contributed by atoms with E-state index in [1.165, 1.54) is 0 Å². The first-order valence-electron chi connectivity index (χ1n) is 8.27. The number of carbonyl (C=O) groups excluding carboxylic acids is 2. The number of rotatable bonds is 6. The molecule has 1 aliphatic rings. The van der Waals surface area contributed by atoms with Gasteiger partial charge in [-0.2, -0.15) is 0 Å². The highest BCUT2D eigenvalue weighted by molar-refractivity contribution is 8.01. The van der Waals surface area contributed by atoms with Crippen molar-refractivity contribution in [3.63, 3.8) is 0 Å². The number of ether oxygens (including phenoxy) is 1. The molecule has 126 valence electrons. The number of thioether (sulfide) groups is 1. The zero-order chi connectivity index (χ0) is 17.2. The minimum absolute atomic E-state index is 0.119. The Morgan fingerprint density at radius 1 is 1.29 bits per heavy atom. The summed E-state index contributed by atoms with van der Waals surface area (Å²) >= 11 is 1.58. The topological polar surface area (TPSA) is 56.3 Å². The number of hydrogen-bond donors (Lipinski definition) is 0. The molecule has 24 heavy (non-hydrogen) atoms. The van der Waals surface area contributed by atoms with Crippen LogP contribution in [0.15, 0.2) is 35.4 Å². The first-order chi connectivity index (χ1) is 11.5. The number of benzene rings is 1. The van der Waals surface area contributed by atoms with Crippen LogP contribution in [0.4, 0.5) is 0 Å². The van der Waals surface area contributed by atoms with Crippen LogP contribution in [0.3, 0.4) is 0 Å². The van der Waals surface area contributed by atoms with Crippen molar-refractivity contribution >= 4 is 34.4 Å². The molecule has 1 aromatic heterocycles. The molecule has 1 fully saturated rings. The highest BCUT2D eigenvalue weighted by atomic mass is 32.2. The molecule has 1 aromatic carbocycles. The fourth-order valence-corrected chi connectivity index (χ4v) is 4.43. The highest BCUT2D eigenvalue weighted by Gasteiger charge is 2.46. The number of fused-ring (bicyclic) bond motifs is 1. The lowest BCUT2D eigenvalue weighted by Gasteiger charge is -2.38. The summed E-state index contributed by atoms with van der Waals surface area (Å²) in [6, 6.07) is 7.85. The van der Waals surface area contributed by atoms with E-state index in [0.717, 1.165) is 40.6 Å². The minimum atomic E-state index is -0.471. The van der Waals surface area contributed by atoms with E-state index in [9.17, 15) is 9.59 Å². The summed E-state index contributed by atoms with van der Waals surface area (Å²) in [4.78, 5) is 29.2. The summed E-state index contributed by atoms with van der Waals surface area (Å²) in [6.45, 7) is 3.83. The van der Waals surface area contributed by atoms with Crippen molar-refractivity contribution in [2.45, 2.75) is 49.2 Å². The van der Waals surface area contributed by atoms with Crippen molar-refractivity contribution in [3.8, 4) is 0 Å². The monoisotopic (exact) mass is 343 g/mol. The second-order valence-electron chi connectivity index (χ2n) is 6.21. The standard InChI is InChI=1S/C19H21NO3S/c1-3-23-18(22)19(8-4-9-19)24-17-7-10-20-16-6-5-14(11-13(2)21)12-15(16)17/h5-7,10,12H,3-4,8-9,11H2,1-2H3. The number of aromatic nitrogens is 1. The second-order valence-corrected chi connectivity index (χ2v) is 7.64. The molecule has 0 unspecified atom stereocenters. The molecule has 1 aliphatic carbocycles. The number of hydrogen-bond acceptors (Lipinski definition) is 5. The maximum absolute atomic E-state index is 12.4. The molecule has 0 aliphatic heterocycles. The lowest BCUT2D eigenvalue weighted by Crippen LogP contribution is -2.43. The maximum Gasteiger partial charge on any atom is 0.322 e. The summed E-state index contributed by atoms with van der Waals surface area (Å²) in [5.74, 6) is 0.0144. The van der Waals surface area contributed by atoms with Gasteiger partial charge in [-0.3, -0.25) is 14.6 Å². The SMILES string of the molecule is CCOC(=O)C1(Sc2ccnc3ccc(CC(C)=O)cc23)CCC1. The van der Waals surface area contributed by atoms with E-state index in [2.05, 4.69) is 4.98 Å². The van der Waals surface area contributed by atoms with Crippen molar-refractivity contribution in [2.75, 3.05) is 6.61 Å². The predicted octanol–water partition coefficient (Wildman–Crippen LogP) is 3.94. The van der Waals surface area contributed by atoms with E-state index < -0.39 is 4.75 Å². The molecule has 0 N–H and O–H groups in total. The van der Waals surface area contributed by atoms with E-state index in [0.29, 0.717) is 13.0 Å². The van der Waals surface area contributed by atoms with Crippen LogP contribution in [-0.2, 0) is 20.7 Å². The van der Waals surface area contributed by atoms with Crippen LogP contribution in [-0.4, -0.2) is 28.1 Å². The molecule has 2 aromatic rings. The third-order valence-electron chi connectivity index (χ3n) is 4.33. The zero-order valence-electron chi connectivity index (χ0n) is 14.0. The van der Waals surface area contributed by atoms with Crippen molar-refractivity contribution in [2.24, 2.45) is 0 Å². The molecule has 0 bridgehead atoms. The molecule has 3 rings (SSSR count). The summed E-state index contributed by atoms with van der Waals surface area (Å²) in [5, 5.41) is 0.997. The Labute approximate surface area is 146 Å². The van der Waals surface area contributed by atoms with Crippen LogP contribution in [0.25, 0.3) is 10.9 Å². The molecular formula is C19H21NO3S. The van der Waals surface area contributed by atoms with Gasteiger partial charge >= 0.3 is 5.97 Å². The van der Waals surface area contributed by atoms with Crippen LogP contribution >= 0.6 is 11.8 Å².